The first-order valence-electron chi connectivity index (χ1n) is 6.90. The average molecular weight is 280 g/mol. The quantitative estimate of drug-likeness (QED) is 0.701. The van der Waals surface area contributed by atoms with E-state index in [1.54, 1.807) is 0 Å². The Morgan fingerprint density at radius 2 is 2.15 bits per heavy atom. The van der Waals surface area contributed by atoms with Crippen LogP contribution >= 0.6 is 0 Å². The van der Waals surface area contributed by atoms with E-state index in [2.05, 4.69) is 5.32 Å². The molecule has 4 atom stereocenters. The van der Waals surface area contributed by atoms with E-state index in [4.69, 9.17) is 19.9 Å². The second-order valence-corrected chi connectivity index (χ2v) is 5.10. The molecule has 0 radical (unpaired) electrons. The summed E-state index contributed by atoms with van der Waals surface area (Å²) in [5.74, 6) is 0.717. The lowest BCUT2D eigenvalue weighted by atomic mass is 10.1. The summed E-state index contributed by atoms with van der Waals surface area (Å²) in [5, 5.41) is 12.9. The van der Waals surface area contributed by atoms with Crippen molar-refractivity contribution in [2.75, 3.05) is 30.8 Å². The van der Waals surface area contributed by atoms with Crippen LogP contribution in [0.15, 0.2) is 18.2 Å². The Bertz CT molecular complexity index is 482. The van der Waals surface area contributed by atoms with E-state index >= 15 is 0 Å². The second kappa shape index (κ2) is 5.47. The zero-order valence-corrected chi connectivity index (χ0v) is 11.4. The van der Waals surface area contributed by atoms with Crippen LogP contribution in [0.2, 0.25) is 0 Å². The second-order valence-electron chi connectivity index (χ2n) is 5.10. The van der Waals surface area contributed by atoms with E-state index in [1.807, 2.05) is 25.1 Å². The number of anilines is 2. The molecule has 6 nitrogen and oxygen atoms in total. The molecule has 3 rings (SSSR count). The number of nitrogens with one attached hydrogen (secondary N) is 1. The van der Waals surface area contributed by atoms with Crippen LogP contribution in [0.1, 0.15) is 6.92 Å². The van der Waals surface area contributed by atoms with Crippen molar-refractivity contribution in [1.29, 1.82) is 0 Å². The fourth-order valence-corrected chi connectivity index (χ4v) is 2.67. The Kier molecular flexibility index (Phi) is 3.69. The fraction of sp³-hybridized carbons (Fsp3) is 0.571. The molecule has 6 heteroatoms. The molecule has 2 aliphatic heterocycles. The SMILES string of the molecule is CCNc1cc(O[C@H]2CO[C@H]3[C@@H]2OC[C@@H]3O)ccc1N. The molecular formula is C14H20N2O4. The van der Waals surface area contributed by atoms with Crippen molar-refractivity contribution in [2.24, 2.45) is 0 Å². The molecule has 4 N–H and O–H groups in total. The van der Waals surface area contributed by atoms with Gasteiger partial charge in [0.15, 0.2) is 6.10 Å². The van der Waals surface area contributed by atoms with Crippen molar-refractivity contribution in [3.05, 3.63) is 18.2 Å². The lowest BCUT2D eigenvalue weighted by Gasteiger charge is -2.19. The number of aliphatic hydroxyl groups excluding tert-OH is 1. The number of nitrogens with two attached hydrogens (primary N) is 1. The first kappa shape index (κ1) is 13.5. The minimum atomic E-state index is -0.558. The summed E-state index contributed by atoms with van der Waals surface area (Å²) < 4.78 is 17.0. The van der Waals surface area contributed by atoms with E-state index in [1.165, 1.54) is 0 Å². The Hall–Kier alpha value is -1.50. The van der Waals surface area contributed by atoms with Gasteiger partial charge in [-0.15, -0.1) is 0 Å². The van der Waals surface area contributed by atoms with Crippen LogP contribution in [0.5, 0.6) is 5.75 Å². The first-order valence-corrected chi connectivity index (χ1v) is 6.90. The average Bonchev–Trinajstić information content (AvgIpc) is 2.99. The summed E-state index contributed by atoms with van der Waals surface area (Å²) in [4.78, 5) is 0. The highest BCUT2D eigenvalue weighted by atomic mass is 16.6. The third-order valence-electron chi connectivity index (χ3n) is 3.66. The third-order valence-corrected chi connectivity index (χ3v) is 3.66. The predicted molar refractivity (Wildman–Crippen MR) is 74.9 cm³/mol. The standard InChI is InChI=1S/C14H20N2O4/c1-2-16-10-5-8(3-4-9(10)15)20-12-7-19-13-11(17)6-18-14(12)13/h3-5,11-14,16-17H,2,6-7,15H2,1H3/t11-,12-,13+,14+/m0/s1. The lowest BCUT2D eigenvalue weighted by molar-refractivity contribution is 0.00864. The molecule has 1 aromatic rings. The normalized spacial score (nSPS) is 32.1. The van der Waals surface area contributed by atoms with Crippen molar-refractivity contribution < 1.29 is 19.3 Å². The Balaban J connectivity index is 1.70. The Morgan fingerprint density at radius 3 is 2.95 bits per heavy atom. The fourth-order valence-electron chi connectivity index (χ4n) is 2.67. The van der Waals surface area contributed by atoms with Crippen LogP contribution in [0.4, 0.5) is 11.4 Å². The maximum atomic E-state index is 9.70. The molecule has 2 aliphatic rings. The van der Waals surface area contributed by atoms with Gasteiger partial charge in [0, 0.05) is 12.6 Å². The Morgan fingerprint density at radius 1 is 1.35 bits per heavy atom. The molecule has 0 aliphatic carbocycles. The Labute approximate surface area is 117 Å². The smallest absolute Gasteiger partial charge is 0.151 e. The molecular weight excluding hydrogens is 260 g/mol. The summed E-state index contributed by atoms with van der Waals surface area (Å²) >= 11 is 0. The third kappa shape index (κ3) is 2.42. The van der Waals surface area contributed by atoms with Crippen molar-refractivity contribution in [3.63, 3.8) is 0 Å². The van der Waals surface area contributed by atoms with Crippen LogP contribution < -0.4 is 15.8 Å². The molecule has 0 spiro atoms. The molecule has 0 aromatic heterocycles. The van der Waals surface area contributed by atoms with Gasteiger partial charge in [-0.1, -0.05) is 0 Å². The number of benzene rings is 1. The van der Waals surface area contributed by atoms with Crippen LogP contribution in [-0.2, 0) is 9.47 Å². The van der Waals surface area contributed by atoms with E-state index in [9.17, 15) is 5.11 Å². The van der Waals surface area contributed by atoms with Gasteiger partial charge in [-0.25, -0.2) is 0 Å². The number of nitrogen functional groups attached to an aromatic ring is 1. The highest BCUT2D eigenvalue weighted by Gasteiger charge is 2.48. The number of rotatable bonds is 4. The van der Waals surface area contributed by atoms with Crippen molar-refractivity contribution >= 4 is 11.4 Å². The molecule has 110 valence electrons. The van der Waals surface area contributed by atoms with E-state index < -0.39 is 6.10 Å². The molecule has 0 bridgehead atoms. The number of aliphatic hydroxyl groups is 1. The number of ether oxygens (including phenoxy) is 3. The molecule has 1 aromatic carbocycles. The van der Waals surface area contributed by atoms with Crippen LogP contribution in [0.25, 0.3) is 0 Å². The first-order chi connectivity index (χ1) is 9.69. The largest absolute Gasteiger partial charge is 0.485 e. The molecule has 0 saturated carbocycles. The van der Waals surface area contributed by atoms with Gasteiger partial charge >= 0.3 is 0 Å². The maximum Gasteiger partial charge on any atom is 0.151 e. The van der Waals surface area contributed by atoms with Gasteiger partial charge < -0.3 is 30.4 Å². The summed E-state index contributed by atoms with van der Waals surface area (Å²) in [7, 11) is 0. The summed E-state index contributed by atoms with van der Waals surface area (Å²) in [6, 6.07) is 5.51. The van der Waals surface area contributed by atoms with Crippen LogP contribution in [-0.4, -0.2) is 49.3 Å². The van der Waals surface area contributed by atoms with E-state index in [0.29, 0.717) is 18.9 Å². The van der Waals surface area contributed by atoms with Crippen molar-refractivity contribution in [2.45, 2.75) is 31.3 Å². The minimum Gasteiger partial charge on any atom is -0.485 e. The summed E-state index contributed by atoms with van der Waals surface area (Å²) in [6.07, 6.45) is -1.24. The molecule has 2 fully saturated rings. The summed E-state index contributed by atoms with van der Waals surface area (Å²) in [5.41, 5.74) is 7.43. The molecule has 2 saturated heterocycles. The highest BCUT2D eigenvalue weighted by Crippen LogP contribution is 2.31. The highest BCUT2D eigenvalue weighted by molar-refractivity contribution is 5.68. The zero-order chi connectivity index (χ0) is 14.1. The number of fused-ring (bicyclic) bond motifs is 1. The van der Waals surface area contributed by atoms with Gasteiger partial charge in [0.2, 0.25) is 0 Å². The van der Waals surface area contributed by atoms with Gasteiger partial charge in [-0.05, 0) is 19.1 Å². The van der Waals surface area contributed by atoms with Crippen LogP contribution in [0.3, 0.4) is 0 Å². The van der Waals surface area contributed by atoms with E-state index in [0.717, 1.165) is 18.0 Å². The van der Waals surface area contributed by atoms with Gasteiger partial charge in [0.1, 0.15) is 24.1 Å². The lowest BCUT2D eigenvalue weighted by Crippen LogP contribution is -2.34. The van der Waals surface area contributed by atoms with Gasteiger partial charge in [-0.2, -0.15) is 0 Å². The topological polar surface area (TPSA) is 86.0 Å². The minimum absolute atomic E-state index is 0.199. The predicted octanol–water partition coefficient (Wildman–Crippen LogP) is 0.606. The molecule has 20 heavy (non-hydrogen) atoms. The van der Waals surface area contributed by atoms with Crippen LogP contribution in [0, 0.1) is 0 Å². The van der Waals surface area contributed by atoms with Gasteiger partial charge in [0.05, 0.1) is 24.6 Å². The molecule has 0 amide bonds. The number of hydrogen-bond acceptors (Lipinski definition) is 6. The number of hydrogen-bond donors (Lipinski definition) is 3. The molecule has 2 heterocycles. The van der Waals surface area contributed by atoms with Crippen molar-refractivity contribution in [3.8, 4) is 5.75 Å². The molecule has 0 unspecified atom stereocenters. The van der Waals surface area contributed by atoms with E-state index in [-0.39, 0.29) is 18.3 Å². The van der Waals surface area contributed by atoms with Gasteiger partial charge in [-0.3, -0.25) is 0 Å². The summed E-state index contributed by atoms with van der Waals surface area (Å²) in [6.45, 7) is 3.53. The zero-order valence-electron chi connectivity index (χ0n) is 11.4. The van der Waals surface area contributed by atoms with Gasteiger partial charge in [0.25, 0.3) is 0 Å². The van der Waals surface area contributed by atoms with Crippen molar-refractivity contribution in [1.82, 2.24) is 0 Å². The maximum absolute atomic E-state index is 9.70. The monoisotopic (exact) mass is 280 g/mol.